The predicted octanol–water partition coefficient (Wildman–Crippen LogP) is 1.52. The van der Waals surface area contributed by atoms with Crippen molar-refractivity contribution in [3.8, 4) is 0 Å². The number of aryl methyl sites for hydroxylation is 1. The summed E-state index contributed by atoms with van der Waals surface area (Å²) < 4.78 is 37.7. The first-order valence-electron chi connectivity index (χ1n) is 9.69. The number of carboxylic acids is 1. The van der Waals surface area contributed by atoms with Gasteiger partial charge in [-0.3, -0.25) is 0 Å². The molecule has 0 radical (unpaired) electrons. The Kier molecular flexibility index (Phi) is 6.64. The van der Waals surface area contributed by atoms with Gasteiger partial charge in [0.1, 0.15) is 0 Å². The van der Waals surface area contributed by atoms with Gasteiger partial charge >= 0.3 is 18.2 Å². The van der Waals surface area contributed by atoms with Crippen molar-refractivity contribution in [1.29, 1.82) is 0 Å². The molecule has 166 valence electrons. The number of morpholine rings is 1. The molecule has 0 aliphatic carbocycles. The van der Waals surface area contributed by atoms with Crippen LogP contribution in [0.5, 0.6) is 0 Å². The van der Waals surface area contributed by atoms with Crippen molar-refractivity contribution in [1.82, 2.24) is 20.0 Å². The number of carbonyl (C=O) groups excluding carboxylic acids is 1. The molecule has 30 heavy (non-hydrogen) atoms. The number of likely N-dealkylation sites (tertiary alicyclic amines) is 2. The van der Waals surface area contributed by atoms with Crippen LogP contribution in [0, 0.1) is 6.92 Å². The Balaban J connectivity index is 0.000000318. The lowest BCUT2D eigenvalue weighted by molar-refractivity contribution is -0.192. The van der Waals surface area contributed by atoms with E-state index in [1.807, 2.05) is 28.9 Å². The van der Waals surface area contributed by atoms with E-state index >= 15 is 0 Å². The van der Waals surface area contributed by atoms with E-state index in [2.05, 4.69) is 15.1 Å². The van der Waals surface area contributed by atoms with Crippen LogP contribution in [0.2, 0.25) is 0 Å². The van der Waals surface area contributed by atoms with Crippen LogP contribution in [0.4, 0.5) is 23.8 Å². The summed E-state index contributed by atoms with van der Waals surface area (Å²) >= 11 is 0. The molecule has 3 fully saturated rings. The molecule has 3 saturated heterocycles. The summed E-state index contributed by atoms with van der Waals surface area (Å²) in [7, 11) is 0. The van der Waals surface area contributed by atoms with Gasteiger partial charge in [0, 0.05) is 26.2 Å². The van der Waals surface area contributed by atoms with Crippen LogP contribution in [0.1, 0.15) is 18.5 Å². The van der Waals surface area contributed by atoms with Gasteiger partial charge in [-0.1, -0.05) is 0 Å². The fourth-order valence-electron chi connectivity index (χ4n) is 3.78. The molecule has 4 heterocycles. The molecular formula is C18H24F3N5O4. The van der Waals surface area contributed by atoms with E-state index in [4.69, 9.17) is 14.6 Å². The summed E-state index contributed by atoms with van der Waals surface area (Å²) in [6.07, 6.45) is -2.78. The molecule has 2 amide bonds. The summed E-state index contributed by atoms with van der Waals surface area (Å²) in [5.74, 6) is -1.88. The summed E-state index contributed by atoms with van der Waals surface area (Å²) in [4.78, 5) is 27.7. The number of hydrogen-bond acceptors (Lipinski definition) is 6. The van der Waals surface area contributed by atoms with Crippen LogP contribution in [0.3, 0.4) is 0 Å². The third-order valence-corrected chi connectivity index (χ3v) is 5.27. The minimum absolute atomic E-state index is 0.0680. The Morgan fingerprint density at radius 2 is 1.77 bits per heavy atom. The zero-order valence-electron chi connectivity index (χ0n) is 16.5. The largest absolute Gasteiger partial charge is 0.490 e. The van der Waals surface area contributed by atoms with Gasteiger partial charge in [0.2, 0.25) is 0 Å². The van der Waals surface area contributed by atoms with Gasteiger partial charge in [-0.2, -0.15) is 18.3 Å². The highest BCUT2D eigenvalue weighted by Crippen LogP contribution is 2.27. The van der Waals surface area contributed by atoms with E-state index in [-0.39, 0.29) is 18.2 Å². The van der Waals surface area contributed by atoms with E-state index in [0.717, 1.165) is 44.0 Å². The lowest BCUT2D eigenvalue weighted by Gasteiger charge is -2.37. The molecule has 0 unspecified atom stereocenters. The van der Waals surface area contributed by atoms with Crippen LogP contribution in [0.25, 0.3) is 0 Å². The van der Waals surface area contributed by atoms with E-state index in [1.54, 1.807) is 0 Å². The first kappa shape index (κ1) is 22.1. The molecule has 0 saturated carbocycles. The van der Waals surface area contributed by atoms with Gasteiger partial charge in [0.25, 0.3) is 0 Å². The van der Waals surface area contributed by atoms with Crippen LogP contribution < -0.4 is 4.90 Å². The van der Waals surface area contributed by atoms with Crippen molar-refractivity contribution in [3.05, 3.63) is 17.8 Å². The molecule has 1 aromatic heterocycles. The monoisotopic (exact) mass is 431 g/mol. The van der Waals surface area contributed by atoms with Crippen molar-refractivity contribution in [2.45, 2.75) is 38.1 Å². The number of rotatable bonds is 1. The molecule has 3 aliphatic rings. The Bertz CT molecular complexity index is 755. The number of amides is 2. The molecule has 0 spiro atoms. The average molecular weight is 431 g/mol. The first-order chi connectivity index (χ1) is 14.2. The Hall–Kier alpha value is -2.63. The van der Waals surface area contributed by atoms with Crippen molar-refractivity contribution in [2.24, 2.45) is 0 Å². The molecule has 4 rings (SSSR count). The number of urea groups is 1. The summed E-state index contributed by atoms with van der Waals surface area (Å²) in [6, 6.07) is 4.33. The first-order valence-corrected chi connectivity index (χ1v) is 9.69. The van der Waals surface area contributed by atoms with Crippen molar-refractivity contribution in [2.75, 3.05) is 44.2 Å². The van der Waals surface area contributed by atoms with Crippen LogP contribution in [-0.4, -0.2) is 94.8 Å². The number of aliphatic carboxylic acids is 1. The normalized spacial score (nSPS) is 23.7. The zero-order chi connectivity index (χ0) is 21.9. The second-order valence-electron chi connectivity index (χ2n) is 7.39. The summed E-state index contributed by atoms with van der Waals surface area (Å²) in [5.41, 5.74) is 0.913. The number of aromatic nitrogens is 2. The fraction of sp³-hybridized carbons (Fsp3) is 0.667. The molecule has 0 aromatic carbocycles. The quantitative estimate of drug-likeness (QED) is 0.720. The molecule has 12 heteroatoms. The second-order valence-corrected chi connectivity index (χ2v) is 7.39. The van der Waals surface area contributed by atoms with Crippen LogP contribution in [-0.2, 0) is 9.53 Å². The lowest BCUT2D eigenvalue weighted by atomic mass is 10.1. The van der Waals surface area contributed by atoms with E-state index in [0.29, 0.717) is 19.7 Å². The molecule has 9 nitrogen and oxygen atoms in total. The molecule has 0 bridgehead atoms. The van der Waals surface area contributed by atoms with Gasteiger partial charge in [-0.15, -0.1) is 5.10 Å². The highest BCUT2D eigenvalue weighted by atomic mass is 19.4. The van der Waals surface area contributed by atoms with Gasteiger partial charge in [-0.25, -0.2) is 9.59 Å². The van der Waals surface area contributed by atoms with Crippen LogP contribution in [0.15, 0.2) is 12.1 Å². The average Bonchev–Trinajstić information content (AvgIpc) is 3.37. The SMILES string of the molecule is Cc1ccc(N2CCO[C@H]3CN(C(=O)N4CCCC4)C[C@H]32)nn1.O=C(O)C(F)(F)F. The Labute approximate surface area is 171 Å². The summed E-state index contributed by atoms with van der Waals surface area (Å²) in [5, 5.41) is 15.6. The highest BCUT2D eigenvalue weighted by molar-refractivity contribution is 5.75. The number of alkyl halides is 3. The highest BCUT2D eigenvalue weighted by Gasteiger charge is 2.43. The number of carboxylic acid groups (broad SMARTS) is 1. The van der Waals surface area contributed by atoms with Crippen molar-refractivity contribution in [3.63, 3.8) is 0 Å². The van der Waals surface area contributed by atoms with E-state index < -0.39 is 12.1 Å². The number of halogens is 3. The molecular weight excluding hydrogens is 407 g/mol. The second kappa shape index (κ2) is 9.02. The minimum Gasteiger partial charge on any atom is -0.475 e. The van der Waals surface area contributed by atoms with Gasteiger partial charge in [0.05, 0.1) is 31.0 Å². The molecule has 3 aliphatic heterocycles. The van der Waals surface area contributed by atoms with Gasteiger partial charge < -0.3 is 24.5 Å². The number of carbonyl (C=O) groups is 2. The van der Waals surface area contributed by atoms with Gasteiger partial charge in [-0.05, 0) is 31.9 Å². The van der Waals surface area contributed by atoms with E-state index in [1.165, 1.54) is 0 Å². The minimum atomic E-state index is -5.08. The van der Waals surface area contributed by atoms with Crippen molar-refractivity contribution < 1.29 is 32.6 Å². The number of nitrogens with zero attached hydrogens (tertiary/aromatic N) is 5. The third-order valence-electron chi connectivity index (χ3n) is 5.27. The summed E-state index contributed by atoms with van der Waals surface area (Å²) in [6.45, 7) is 6.56. The maximum atomic E-state index is 12.6. The third kappa shape index (κ3) is 5.10. The smallest absolute Gasteiger partial charge is 0.475 e. The number of hydrogen-bond donors (Lipinski definition) is 1. The number of fused-ring (bicyclic) bond motifs is 1. The topological polar surface area (TPSA) is 99.1 Å². The molecule has 1 aromatic rings. The van der Waals surface area contributed by atoms with Gasteiger partial charge in [0.15, 0.2) is 5.82 Å². The molecule has 1 N–H and O–H groups in total. The van der Waals surface area contributed by atoms with Crippen LogP contribution >= 0.6 is 0 Å². The fourth-order valence-corrected chi connectivity index (χ4v) is 3.78. The standard InChI is InChI=1S/C16H23N5O2.C2HF3O2/c1-12-4-5-15(18-17-12)21-8-9-23-14-11-20(10-13(14)21)16(22)19-6-2-3-7-19;3-2(4,5)1(6)7/h4-5,13-14H,2-3,6-11H2,1H3;(H,6,7)/t13-,14+;/m1./s1. The van der Waals surface area contributed by atoms with Crippen molar-refractivity contribution >= 4 is 17.8 Å². The Morgan fingerprint density at radius 3 is 2.33 bits per heavy atom. The maximum absolute atomic E-state index is 12.6. The molecule has 2 atom stereocenters. The van der Waals surface area contributed by atoms with E-state index in [9.17, 15) is 18.0 Å². The number of ether oxygens (including phenoxy) is 1. The zero-order valence-corrected chi connectivity index (χ0v) is 16.5. The Morgan fingerprint density at radius 1 is 1.10 bits per heavy atom. The predicted molar refractivity (Wildman–Crippen MR) is 99.1 cm³/mol. The lowest BCUT2D eigenvalue weighted by Crippen LogP contribution is -2.51. The maximum Gasteiger partial charge on any atom is 0.490 e. The number of anilines is 1.